The van der Waals surface area contributed by atoms with E-state index < -0.39 is 0 Å². The lowest BCUT2D eigenvalue weighted by molar-refractivity contribution is -0.156. The summed E-state index contributed by atoms with van der Waals surface area (Å²) in [4.78, 5) is 4.74. The molecule has 3 unspecified atom stereocenters. The number of hydrogen-bond donors (Lipinski definition) is 2. The fraction of sp³-hybridized carbons (Fsp3) is 0.929. The van der Waals surface area contributed by atoms with Crippen LogP contribution >= 0.6 is 0 Å². The van der Waals surface area contributed by atoms with E-state index in [0.717, 1.165) is 12.8 Å². The van der Waals surface area contributed by atoms with Gasteiger partial charge >= 0.3 is 0 Å². The standard InChI is InChI=1S/C14H27N3O/c1-5-14(6-2)11(9(3)12(14)18-4)17-13(15)16-10-7-8-10/h9-12H,5-8H2,1-4H3,(H3,15,16,17). The number of nitrogens with one attached hydrogen (secondary N) is 1. The van der Waals surface area contributed by atoms with Gasteiger partial charge in [0.1, 0.15) is 0 Å². The third-order valence-corrected chi connectivity index (χ3v) is 4.91. The summed E-state index contributed by atoms with van der Waals surface area (Å²) in [5.41, 5.74) is 6.17. The van der Waals surface area contributed by atoms with Crippen LogP contribution in [0.3, 0.4) is 0 Å². The SMILES string of the molecule is CCC1(CC)C(N=C(N)NC2CC2)C(C)C1OC. The Kier molecular flexibility index (Phi) is 3.85. The smallest absolute Gasteiger partial charge is 0.189 e. The van der Waals surface area contributed by atoms with Gasteiger partial charge < -0.3 is 15.8 Å². The van der Waals surface area contributed by atoms with Crippen LogP contribution in [0.2, 0.25) is 0 Å². The van der Waals surface area contributed by atoms with Crippen LogP contribution in [0.1, 0.15) is 46.5 Å². The van der Waals surface area contributed by atoms with E-state index in [1.165, 1.54) is 12.8 Å². The molecular formula is C14H27N3O. The number of ether oxygens (including phenoxy) is 1. The molecule has 18 heavy (non-hydrogen) atoms. The van der Waals surface area contributed by atoms with Crippen LogP contribution in [0.5, 0.6) is 0 Å². The summed E-state index contributed by atoms with van der Waals surface area (Å²) in [7, 11) is 1.81. The predicted octanol–water partition coefficient (Wildman–Crippen LogP) is 1.89. The summed E-state index contributed by atoms with van der Waals surface area (Å²) >= 11 is 0. The molecular weight excluding hydrogens is 226 g/mol. The van der Waals surface area contributed by atoms with E-state index in [1.807, 2.05) is 7.11 Å². The second-order valence-corrected chi connectivity index (χ2v) is 5.83. The van der Waals surface area contributed by atoms with Crippen LogP contribution < -0.4 is 11.1 Å². The van der Waals surface area contributed by atoms with E-state index in [-0.39, 0.29) is 5.41 Å². The molecule has 4 heteroatoms. The predicted molar refractivity (Wildman–Crippen MR) is 74.5 cm³/mol. The fourth-order valence-electron chi connectivity index (χ4n) is 3.65. The maximum atomic E-state index is 6.00. The number of methoxy groups -OCH3 is 1. The van der Waals surface area contributed by atoms with Gasteiger partial charge in [-0.3, -0.25) is 0 Å². The van der Waals surface area contributed by atoms with E-state index in [9.17, 15) is 0 Å². The minimum atomic E-state index is 0.171. The zero-order valence-electron chi connectivity index (χ0n) is 12.1. The van der Waals surface area contributed by atoms with Gasteiger partial charge in [0, 0.05) is 24.5 Å². The fourth-order valence-corrected chi connectivity index (χ4v) is 3.65. The third-order valence-electron chi connectivity index (χ3n) is 4.91. The van der Waals surface area contributed by atoms with Crippen molar-refractivity contribution in [2.24, 2.45) is 22.1 Å². The lowest BCUT2D eigenvalue weighted by Gasteiger charge is -2.57. The van der Waals surface area contributed by atoms with Crippen LogP contribution in [-0.4, -0.2) is 31.3 Å². The van der Waals surface area contributed by atoms with Gasteiger partial charge in [-0.2, -0.15) is 0 Å². The van der Waals surface area contributed by atoms with Crippen molar-refractivity contribution in [1.82, 2.24) is 5.32 Å². The minimum absolute atomic E-state index is 0.171. The van der Waals surface area contributed by atoms with Crippen molar-refractivity contribution >= 4 is 5.96 Å². The number of guanidine groups is 1. The van der Waals surface area contributed by atoms with Crippen molar-refractivity contribution in [2.45, 2.75) is 64.6 Å². The first-order chi connectivity index (χ1) is 8.58. The van der Waals surface area contributed by atoms with Gasteiger partial charge in [-0.25, -0.2) is 4.99 Å². The van der Waals surface area contributed by atoms with Crippen molar-refractivity contribution in [2.75, 3.05) is 7.11 Å². The lowest BCUT2D eigenvalue weighted by Crippen LogP contribution is -2.63. The van der Waals surface area contributed by atoms with Gasteiger partial charge in [0.2, 0.25) is 0 Å². The molecule has 3 atom stereocenters. The molecule has 0 amide bonds. The molecule has 0 saturated heterocycles. The summed E-state index contributed by atoms with van der Waals surface area (Å²) in [6.45, 7) is 6.68. The summed E-state index contributed by atoms with van der Waals surface area (Å²) in [5.74, 6) is 1.07. The monoisotopic (exact) mass is 253 g/mol. The van der Waals surface area contributed by atoms with E-state index in [0.29, 0.717) is 30.1 Å². The van der Waals surface area contributed by atoms with Gasteiger partial charge in [-0.1, -0.05) is 20.8 Å². The molecule has 0 aromatic heterocycles. The Labute approximate surface area is 110 Å². The molecule has 0 spiro atoms. The van der Waals surface area contributed by atoms with E-state index in [4.69, 9.17) is 15.5 Å². The molecule has 2 fully saturated rings. The quantitative estimate of drug-likeness (QED) is 0.581. The highest BCUT2D eigenvalue weighted by atomic mass is 16.5. The average Bonchev–Trinajstić information content (AvgIpc) is 3.16. The molecule has 0 bridgehead atoms. The van der Waals surface area contributed by atoms with Crippen LogP contribution in [0, 0.1) is 11.3 Å². The number of nitrogens with zero attached hydrogens (tertiary/aromatic N) is 1. The first-order valence-electron chi connectivity index (χ1n) is 7.21. The highest BCUT2D eigenvalue weighted by Crippen LogP contribution is 2.54. The first kappa shape index (κ1) is 13.7. The Morgan fingerprint density at radius 2 is 2.00 bits per heavy atom. The average molecular weight is 253 g/mol. The molecule has 3 N–H and O–H groups in total. The van der Waals surface area contributed by atoms with Crippen LogP contribution in [-0.2, 0) is 4.74 Å². The van der Waals surface area contributed by atoms with Crippen molar-refractivity contribution in [3.8, 4) is 0 Å². The Hall–Kier alpha value is -0.770. The Morgan fingerprint density at radius 1 is 1.39 bits per heavy atom. The van der Waals surface area contributed by atoms with E-state index in [1.54, 1.807) is 0 Å². The molecule has 2 aliphatic rings. The maximum Gasteiger partial charge on any atom is 0.189 e. The number of rotatable bonds is 5. The largest absolute Gasteiger partial charge is 0.380 e. The van der Waals surface area contributed by atoms with Gasteiger partial charge in [0.05, 0.1) is 12.1 Å². The van der Waals surface area contributed by atoms with Crippen LogP contribution in [0.15, 0.2) is 4.99 Å². The summed E-state index contributed by atoms with van der Waals surface area (Å²) < 4.78 is 5.67. The Bertz CT molecular complexity index is 321. The zero-order valence-corrected chi connectivity index (χ0v) is 12.1. The van der Waals surface area contributed by atoms with E-state index >= 15 is 0 Å². The van der Waals surface area contributed by atoms with E-state index in [2.05, 4.69) is 26.1 Å². The van der Waals surface area contributed by atoms with Crippen molar-refractivity contribution in [1.29, 1.82) is 0 Å². The molecule has 2 rings (SSSR count). The number of nitrogens with two attached hydrogens (primary N) is 1. The summed E-state index contributed by atoms with van der Waals surface area (Å²) in [6, 6.07) is 0.865. The van der Waals surface area contributed by atoms with Crippen molar-refractivity contribution in [3.05, 3.63) is 0 Å². The highest BCUT2D eigenvalue weighted by molar-refractivity contribution is 5.78. The molecule has 4 nitrogen and oxygen atoms in total. The van der Waals surface area contributed by atoms with Crippen LogP contribution in [0.4, 0.5) is 0 Å². The van der Waals surface area contributed by atoms with Gasteiger partial charge in [0.15, 0.2) is 5.96 Å². The molecule has 0 aliphatic heterocycles. The van der Waals surface area contributed by atoms with Crippen molar-refractivity contribution in [3.63, 3.8) is 0 Å². The second-order valence-electron chi connectivity index (χ2n) is 5.83. The van der Waals surface area contributed by atoms with Gasteiger partial charge in [-0.15, -0.1) is 0 Å². The number of hydrogen-bond acceptors (Lipinski definition) is 2. The minimum Gasteiger partial charge on any atom is -0.380 e. The second kappa shape index (κ2) is 5.08. The van der Waals surface area contributed by atoms with Gasteiger partial charge in [0.25, 0.3) is 0 Å². The first-order valence-corrected chi connectivity index (χ1v) is 7.21. The molecule has 2 aliphatic carbocycles. The van der Waals surface area contributed by atoms with Gasteiger partial charge in [-0.05, 0) is 25.7 Å². The summed E-state index contributed by atoms with van der Waals surface area (Å²) in [5, 5.41) is 3.28. The molecule has 0 heterocycles. The molecule has 104 valence electrons. The maximum absolute atomic E-state index is 6.00. The normalized spacial score (nSPS) is 35.1. The molecule has 2 saturated carbocycles. The topological polar surface area (TPSA) is 59.6 Å². The van der Waals surface area contributed by atoms with Crippen LogP contribution in [0.25, 0.3) is 0 Å². The highest BCUT2D eigenvalue weighted by Gasteiger charge is 2.58. The Morgan fingerprint density at radius 3 is 2.44 bits per heavy atom. The molecule has 0 aromatic rings. The molecule has 0 radical (unpaired) electrons. The van der Waals surface area contributed by atoms with Crippen molar-refractivity contribution < 1.29 is 4.74 Å². The zero-order chi connectivity index (χ0) is 13.3. The lowest BCUT2D eigenvalue weighted by atomic mass is 9.53. The molecule has 0 aromatic carbocycles. The third kappa shape index (κ3) is 2.11. The summed E-state index contributed by atoms with van der Waals surface area (Å²) in [6.07, 6.45) is 4.96. The Balaban J connectivity index is 2.09. The number of aliphatic imine (C=N–C) groups is 1.